The highest BCUT2D eigenvalue weighted by atomic mass is 15.1. The Morgan fingerprint density at radius 1 is 1.50 bits per heavy atom. The maximum absolute atomic E-state index is 8.71. The minimum atomic E-state index is 0.219. The van der Waals surface area contributed by atoms with E-state index in [2.05, 4.69) is 9.97 Å². The van der Waals surface area contributed by atoms with E-state index in [0.717, 1.165) is 0 Å². The monoisotopic (exact) mass is 163 g/mol. The van der Waals surface area contributed by atoms with Gasteiger partial charge in [-0.25, -0.2) is 9.97 Å². The highest BCUT2D eigenvalue weighted by Crippen LogP contribution is 2.17. The molecule has 0 atom stereocenters. The summed E-state index contributed by atoms with van der Waals surface area (Å²) in [7, 11) is 3.59. The largest absolute Gasteiger partial charge is 0.382 e. The third-order valence-corrected chi connectivity index (χ3v) is 1.39. The molecule has 0 spiro atoms. The van der Waals surface area contributed by atoms with Gasteiger partial charge in [0.1, 0.15) is 23.8 Å². The van der Waals surface area contributed by atoms with Crippen LogP contribution in [0.4, 0.5) is 11.6 Å². The van der Waals surface area contributed by atoms with Crippen LogP contribution >= 0.6 is 0 Å². The second kappa shape index (κ2) is 3.05. The molecule has 12 heavy (non-hydrogen) atoms. The first-order valence-corrected chi connectivity index (χ1v) is 3.34. The van der Waals surface area contributed by atoms with Gasteiger partial charge in [-0.1, -0.05) is 0 Å². The van der Waals surface area contributed by atoms with Crippen LogP contribution in [0.3, 0.4) is 0 Å². The molecule has 5 nitrogen and oxygen atoms in total. The second-order valence-corrected chi connectivity index (χ2v) is 2.46. The average Bonchev–Trinajstić information content (AvgIpc) is 2.03. The fourth-order valence-electron chi connectivity index (χ4n) is 0.836. The Kier molecular flexibility index (Phi) is 2.10. The van der Waals surface area contributed by atoms with Gasteiger partial charge in [0, 0.05) is 14.1 Å². The zero-order chi connectivity index (χ0) is 9.14. The molecule has 0 aromatic carbocycles. The minimum Gasteiger partial charge on any atom is -0.382 e. The average molecular weight is 163 g/mol. The summed E-state index contributed by atoms with van der Waals surface area (Å²) >= 11 is 0. The van der Waals surface area contributed by atoms with Crippen LogP contribution < -0.4 is 10.6 Å². The fraction of sp³-hybridized carbons (Fsp3) is 0.286. The standard InChI is InChI=1S/C7H9N5/c1-12(2)7-5(3-8)6(9)10-4-11-7/h4H,1-2H3,(H2,9,10,11). The predicted molar refractivity (Wildman–Crippen MR) is 45.5 cm³/mol. The van der Waals surface area contributed by atoms with E-state index in [1.54, 1.807) is 19.0 Å². The Bertz CT molecular complexity index is 325. The van der Waals surface area contributed by atoms with Gasteiger partial charge in [-0.3, -0.25) is 0 Å². The number of hydrogen-bond donors (Lipinski definition) is 1. The molecule has 1 rings (SSSR count). The summed E-state index contributed by atoms with van der Waals surface area (Å²) in [6.45, 7) is 0. The van der Waals surface area contributed by atoms with Gasteiger partial charge in [0.05, 0.1) is 0 Å². The smallest absolute Gasteiger partial charge is 0.151 e. The van der Waals surface area contributed by atoms with Crippen molar-refractivity contribution >= 4 is 11.6 Å². The lowest BCUT2D eigenvalue weighted by atomic mass is 10.3. The molecule has 0 radical (unpaired) electrons. The van der Waals surface area contributed by atoms with E-state index < -0.39 is 0 Å². The number of nitrogen functional groups attached to an aromatic ring is 1. The molecule has 0 aliphatic rings. The summed E-state index contributed by atoms with van der Waals surface area (Å²) in [5.74, 6) is 0.765. The van der Waals surface area contributed by atoms with E-state index >= 15 is 0 Å². The number of nitrogens with two attached hydrogens (primary N) is 1. The Hall–Kier alpha value is -1.83. The molecule has 0 fully saturated rings. The summed E-state index contributed by atoms with van der Waals surface area (Å²) in [6, 6.07) is 1.95. The molecule has 1 aromatic heterocycles. The Labute approximate surface area is 70.5 Å². The summed E-state index contributed by atoms with van der Waals surface area (Å²) in [5.41, 5.74) is 5.79. The third kappa shape index (κ3) is 1.27. The number of nitrogens with zero attached hydrogens (tertiary/aromatic N) is 4. The maximum Gasteiger partial charge on any atom is 0.151 e. The molecular formula is C7H9N5. The van der Waals surface area contributed by atoms with E-state index in [9.17, 15) is 0 Å². The third-order valence-electron chi connectivity index (χ3n) is 1.39. The van der Waals surface area contributed by atoms with Crippen LogP contribution in [0.5, 0.6) is 0 Å². The van der Waals surface area contributed by atoms with E-state index in [1.807, 2.05) is 6.07 Å². The van der Waals surface area contributed by atoms with Gasteiger partial charge in [-0.2, -0.15) is 5.26 Å². The maximum atomic E-state index is 8.71. The van der Waals surface area contributed by atoms with Crippen molar-refractivity contribution in [1.82, 2.24) is 9.97 Å². The molecule has 0 aliphatic heterocycles. The summed E-state index contributed by atoms with van der Waals surface area (Å²) < 4.78 is 0. The molecule has 0 bridgehead atoms. The molecule has 0 saturated carbocycles. The number of nitriles is 1. The van der Waals surface area contributed by atoms with Gasteiger partial charge < -0.3 is 10.6 Å². The molecule has 2 N–H and O–H groups in total. The molecular weight excluding hydrogens is 154 g/mol. The summed E-state index contributed by atoms with van der Waals surface area (Å²) in [5, 5.41) is 8.71. The van der Waals surface area contributed by atoms with Crippen molar-refractivity contribution in [3.05, 3.63) is 11.9 Å². The van der Waals surface area contributed by atoms with Gasteiger partial charge in [0.15, 0.2) is 5.82 Å². The molecule has 0 amide bonds. The van der Waals surface area contributed by atoms with Crippen LogP contribution in [0.25, 0.3) is 0 Å². The van der Waals surface area contributed by atoms with E-state index in [1.165, 1.54) is 6.33 Å². The van der Waals surface area contributed by atoms with E-state index in [0.29, 0.717) is 11.4 Å². The van der Waals surface area contributed by atoms with Crippen LogP contribution in [-0.4, -0.2) is 24.1 Å². The van der Waals surface area contributed by atoms with Crippen molar-refractivity contribution in [3.63, 3.8) is 0 Å². The van der Waals surface area contributed by atoms with Gasteiger partial charge in [0.2, 0.25) is 0 Å². The van der Waals surface area contributed by atoms with Gasteiger partial charge in [0.25, 0.3) is 0 Å². The van der Waals surface area contributed by atoms with Gasteiger partial charge >= 0.3 is 0 Å². The van der Waals surface area contributed by atoms with Crippen LogP contribution in [-0.2, 0) is 0 Å². The number of hydrogen-bond acceptors (Lipinski definition) is 5. The SMILES string of the molecule is CN(C)c1ncnc(N)c1C#N. The second-order valence-electron chi connectivity index (χ2n) is 2.46. The lowest BCUT2D eigenvalue weighted by Crippen LogP contribution is -2.14. The van der Waals surface area contributed by atoms with Crippen molar-refractivity contribution in [3.8, 4) is 6.07 Å². The lowest BCUT2D eigenvalue weighted by Gasteiger charge is -2.12. The van der Waals surface area contributed by atoms with Crippen molar-refractivity contribution < 1.29 is 0 Å². The van der Waals surface area contributed by atoms with Crippen LogP contribution in [0.1, 0.15) is 5.56 Å². The highest BCUT2D eigenvalue weighted by molar-refractivity contribution is 5.62. The molecule has 1 heterocycles. The first-order chi connectivity index (χ1) is 5.66. The molecule has 1 aromatic rings. The van der Waals surface area contributed by atoms with Crippen molar-refractivity contribution in [1.29, 1.82) is 5.26 Å². The van der Waals surface area contributed by atoms with Crippen molar-refractivity contribution in [2.75, 3.05) is 24.7 Å². The van der Waals surface area contributed by atoms with Crippen LogP contribution in [0.15, 0.2) is 6.33 Å². The lowest BCUT2D eigenvalue weighted by molar-refractivity contribution is 1.03. The Morgan fingerprint density at radius 2 is 2.17 bits per heavy atom. The predicted octanol–water partition coefficient (Wildman–Crippen LogP) is -0.00352. The molecule has 62 valence electrons. The van der Waals surface area contributed by atoms with Gasteiger partial charge in [-0.15, -0.1) is 0 Å². The first kappa shape index (κ1) is 8.27. The Morgan fingerprint density at radius 3 is 2.58 bits per heavy atom. The van der Waals surface area contributed by atoms with Crippen molar-refractivity contribution in [2.24, 2.45) is 0 Å². The quantitative estimate of drug-likeness (QED) is 0.630. The topological polar surface area (TPSA) is 78.8 Å². The van der Waals surface area contributed by atoms with Crippen LogP contribution in [0, 0.1) is 11.3 Å². The molecule has 0 saturated heterocycles. The Balaban J connectivity index is 3.30. The summed E-state index contributed by atoms with van der Waals surface area (Å²) in [6.07, 6.45) is 1.34. The van der Waals surface area contributed by atoms with E-state index in [4.69, 9.17) is 11.0 Å². The van der Waals surface area contributed by atoms with E-state index in [-0.39, 0.29) is 5.82 Å². The zero-order valence-corrected chi connectivity index (χ0v) is 6.94. The summed E-state index contributed by atoms with van der Waals surface area (Å²) in [4.78, 5) is 9.35. The molecule has 0 aliphatic carbocycles. The van der Waals surface area contributed by atoms with Gasteiger partial charge in [-0.05, 0) is 0 Å². The number of aromatic nitrogens is 2. The molecule has 5 heteroatoms. The highest BCUT2D eigenvalue weighted by Gasteiger charge is 2.08. The van der Waals surface area contributed by atoms with Crippen molar-refractivity contribution in [2.45, 2.75) is 0 Å². The number of rotatable bonds is 1. The normalized spacial score (nSPS) is 9.08. The number of anilines is 2. The zero-order valence-electron chi connectivity index (χ0n) is 6.94. The van der Waals surface area contributed by atoms with Crippen LogP contribution in [0.2, 0.25) is 0 Å². The fourth-order valence-corrected chi connectivity index (χ4v) is 0.836. The minimum absolute atomic E-state index is 0.219. The molecule has 0 unspecified atom stereocenters. The first-order valence-electron chi connectivity index (χ1n) is 3.34.